The van der Waals surface area contributed by atoms with Crippen molar-refractivity contribution in [3.63, 3.8) is 0 Å². The van der Waals surface area contributed by atoms with Crippen LogP contribution in [0.25, 0.3) is 0 Å². The molecule has 0 unspecified atom stereocenters. The Balaban J connectivity index is 1.40. The van der Waals surface area contributed by atoms with Crippen LogP contribution in [0.2, 0.25) is 0 Å². The van der Waals surface area contributed by atoms with Crippen molar-refractivity contribution in [3.05, 3.63) is 58.1 Å². The van der Waals surface area contributed by atoms with Crippen LogP contribution in [-0.2, 0) is 9.47 Å². The molecule has 1 fully saturated rings. The quantitative estimate of drug-likeness (QED) is 0.119. The molecule has 45 heavy (non-hydrogen) atoms. The van der Waals surface area contributed by atoms with Crippen LogP contribution in [0, 0.1) is 0 Å². The van der Waals surface area contributed by atoms with Crippen molar-refractivity contribution in [2.24, 2.45) is 0 Å². The Morgan fingerprint density at radius 3 is 2.02 bits per heavy atom. The molecule has 10 nitrogen and oxygen atoms in total. The first-order chi connectivity index (χ1) is 21.7. The van der Waals surface area contributed by atoms with Crippen LogP contribution in [-0.4, -0.2) is 63.0 Å². The minimum absolute atomic E-state index is 0.00555. The fraction of sp³-hybridized carbons (Fsp3) is 0.636. The van der Waals surface area contributed by atoms with Crippen molar-refractivity contribution >= 4 is 17.7 Å². The summed E-state index contributed by atoms with van der Waals surface area (Å²) < 4.78 is 39.7. The van der Waals surface area contributed by atoms with E-state index in [4.69, 9.17) is 14.6 Å². The molecule has 0 radical (unpaired) electrons. The number of benzene rings is 1. The topological polar surface area (TPSA) is 140 Å². The molecule has 1 amide bonds. The van der Waals surface area contributed by atoms with Gasteiger partial charge in [-0.25, -0.2) is 9.59 Å². The maximum atomic E-state index is 14.4. The maximum Gasteiger partial charge on any atom is 0.351 e. The van der Waals surface area contributed by atoms with E-state index >= 15 is 0 Å². The van der Waals surface area contributed by atoms with E-state index in [0.29, 0.717) is 4.57 Å². The molecule has 3 N–H and O–H groups in total. The Labute approximate surface area is 263 Å². The standard InChI is InChI=1S/C33H47F2N3O7/c1-2-3-4-5-6-7-8-9-10-11-12-13-14-17-22-44-30(42)25-19-16-15-18-24(25)29(41)36-27-20-21-38(32(43)37-27)31-33(34,35)28(40)26(23-39)45-31/h15-16,18-21,26,28,31,39-40H,2-14,17,22-23H2,1H3,(H,36,37,41,43)/t26-,28-,31-/m1/s1. The van der Waals surface area contributed by atoms with E-state index in [1.165, 1.54) is 76.3 Å². The number of aliphatic hydroxyl groups is 2. The second kappa shape index (κ2) is 18.7. The van der Waals surface area contributed by atoms with Crippen molar-refractivity contribution in [1.82, 2.24) is 9.55 Å². The molecule has 12 heteroatoms. The number of hydrogen-bond donors (Lipinski definition) is 3. The Hall–Kier alpha value is -3.22. The maximum absolute atomic E-state index is 14.4. The van der Waals surface area contributed by atoms with Gasteiger partial charge >= 0.3 is 17.6 Å². The van der Waals surface area contributed by atoms with E-state index in [0.717, 1.165) is 37.9 Å². The SMILES string of the molecule is CCCCCCCCCCCCCCCCOC(=O)c1ccccc1C(=O)Nc1ccn([C@@H]2O[C@H](CO)[C@@H](O)C2(F)F)c(=O)n1. The van der Waals surface area contributed by atoms with Gasteiger partial charge in [-0.1, -0.05) is 103 Å². The van der Waals surface area contributed by atoms with Gasteiger partial charge in [0.15, 0.2) is 6.10 Å². The third-order valence-electron chi connectivity index (χ3n) is 8.01. The van der Waals surface area contributed by atoms with E-state index in [1.54, 1.807) is 12.1 Å². The number of rotatable bonds is 20. The summed E-state index contributed by atoms with van der Waals surface area (Å²) in [6, 6.07) is 7.13. The van der Waals surface area contributed by atoms with Crippen molar-refractivity contribution in [2.45, 2.75) is 121 Å². The van der Waals surface area contributed by atoms with Crippen LogP contribution in [0.1, 0.15) is 124 Å². The zero-order valence-electron chi connectivity index (χ0n) is 26.1. The summed E-state index contributed by atoms with van der Waals surface area (Å²) in [7, 11) is 0. The lowest BCUT2D eigenvalue weighted by Crippen LogP contribution is -2.41. The predicted molar refractivity (Wildman–Crippen MR) is 165 cm³/mol. The van der Waals surface area contributed by atoms with Gasteiger partial charge in [0, 0.05) is 6.20 Å². The van der Waals surface area contributed by atoms with E-state index < -0.39 is 48.5 Å². The Bertz CT molecular complexity index is 1270. The van der Waals surface area contributed by atoms with Gasteiger partial charge in [0.25, 0.3) is 5.91 Å². The average Bonchev–Trinajstić information content (AvgIpc) is 3.26. The second-order valence-corrected chi connectivity index (χ2v) is 11.6. The minimum atomic E-state index is -3.87. The highest BCUT2D eigenvalue weighted by Crippen LogP contribution is 2.42. The summed E-state index contributed by atoms with van der Waals surface area (Å²) in [5.41, 5.74) is -1.14. The van der Waals surface area contributed by atoms with Gasteiger partial charge in [0.1, 0.15) is 11.9 Å². The Kier molecular flexibility index (Phi) is 15.0. The number of amides is 1. The van der Waals surface area contributed by atoms with Crippen LogP contribution in [0.3, 0.4) is 0 Å². The number of aliphatic hydroxyl groups excluding tert-OH is 2. The average molecular weight is 636 g/mol. The normalized spacial score (nSPS) is 19.0. The number of unbranched alkanes of at least 4 members (excludes halogenated alkanes) is 13. The lowest BCUT2D eigenvalue weighted by molar-refractivity contribution is -0.140. The molecule has 1 aliphatic heterocycles. The number of esters is 1. The molecule has 0 saturated carbocycles. The number of halogens is 2. The first kappa shape index (κ1) is 36.3. The Morgan fingerprint density at radius 1 is 0.933 bits per heavy atom. The highest BCUT2D eigenvalue weighted by molar-refractivity contribution is 6.10. The molecule has 3 atom stereocenters. The third kappa shape index (κ3) is 10.7. The summed E-state index contributed by atoms with van der Waals surface area (Å²) in [6.07, 6.45) is 11.9. The summed E-state index contributed by atoms with van der Waals surface area (Å²) >= 11 is 0. The zero-order chi connectivity index (χ0) is 32.7. The summed E-state index contributed by atoms with van der Waals surface area (Å²) in [5.74, 6) is -5.51. The molecule has 2 heterocycles. The minimum Gasteiger partial charge on any atom is -0.462 e. The van der Waals surface area contributed by atoms with Gasteiger partial charge in [0.05, 0.1) is 24.3 Å². The number of anilines is 1. The van der Waals surface area contributed by atoms with Gasteiger partial charge < -0.3 is 25.0 Å². The molecule has 1 aromatic carbocycles. The molecule has 250 valence electrons. The smallest absolute Gasteiger partial charge is 0.351 e. The summed E-state index contributed by atoms with van der Waals surface area (Å²) in [5, 5.41) is 21.3. The number of alkyl halides is 2. The van der Waals surface area contributed by atoms with Crippen molar-refractivity contribution < 1.29 is 38.1 Å². The highest BCUT2D eigenvalue weighted by Gasteiger charge is 2.59. The van der Waals surface area contributed by atoms with E-state index in [9.17, 15) is 28.3 Å². The molecular weight excluding hydrogens is 588 g/mol. The molecule has 2 aromatic rings. The lowest BCUT2D eigenvalue weighted by Gasteiger charge is -2.21. The predicted octanol–water partition coefficient (Wildman–Crippen LogP) is 6.02. The molecule has 0 spiro atoms. The first-order valence-corrected chi connectivity index (χ1v) is 16.2. The van der Waals surface area contributed by atoms with Gasteiger partial charge in [0.2, 0.25) is 6.23 Å². The second-order valence-electron chi connectivity index (χ2n) is 11.6. The van der Waals surface area contributed by atoms with Crippen LogP contribution in [0.15, 0.2) is 41.3 Å². The van der Waals surface area contributed by atoms with Crippen molar-refractivity contribution in [1.29, 1.82) is 0 Å². The number of carbonyl (C=O) groups is 2. The lowest BCUT2D eigenvalue weighted by atomic mass is 10.0. The van der Waals surface area contributed by atoms with Crippen molar-refractivity contribution in [2.75, 3.05) is 18.5 Å². The Morgan fingerprint density at radius 2 is 1.49 bits per heavy atom. The third-order valence-corrected chi connectivity index (χ3v) is 8.01. The van der Waals surface area contributed by atoms with Gasteiger partial charge in [-0.05, 0) is 24.6 Å². The zero-order valence-corrected chi connectivity index (χ0v) is 26.1. The highest BCUT2D eigenvalue weighted by atomic mass is 19.3. The van der Waals surface area contributed by atoms with Gasteiger partial charge in [-0.3, -0.25) is 9.36 Å². The molecule has 0 bridgehead atoms. The van der Waals surface area contributed by atoms with Crippen molar-refractivity contribution in [3.8, 4) is 0 Å². The number of carbonyl (C=O) groups excluding carboxylic acids is 2. The van der Waals surface area contributed by atoms with Crippen LogP contribution >= 0.6 is 0 Å². The van der Waals surface area contributed by atoms with Gasteiger partial charge in [-0.15, -0.1) is 0 Å². The van der Waals surface area contributed by atoms with Gasteiger partial charge in [-0.2, -0.15) is 13.8 Å². The van der Waals surface area contributed by atoms with Crippen LogP contribution in [0.5, 0.6) is 0 Å². The number of nitrogens with zero attached hydrogens (tertiary/aromatic N) is 2. The summed E-state index contributed by atoms with van der Waals surface area (Å²) in [6.45, 7) is 1.59. The van der Waals surface area contributed by atoms with Crippen LogP contribution in [0.4, 0.5) is 14.6 Å². The fourth-order valence-electron chi connectivity index (χ4n) is 5.36. The molecule has 1 aromatic heterocycles. The number of ether oxygens (including phenoxy) is 2. The number of nitrogens with one attached hydrogen (secondary N) is 1. The monoisotopic (exact) mass is 635 g/mol. The number of aromatic nitrogens is 2. The fourth-order valence-corrected chi connectivity index (χ4v) is 5.36. The summed E-state index contributed by atoms with van der Waals surface area (Å²) in [4.78, 5) is 41.8. The van der Waals surface area contributed by atoms with E-state index in [-0.39, 0.29) is 23.6 Å². The first-order valence-electron chi connectivity index (χ1n) is 16.2. The largest absolute Gasteiger partial charge is 0.462 e. The van der Waals surface area contributed by atoms with E-state index in [1.807, 2.05) is 0 Å². The molecular formula is C33H47F2N3O7. The molecule has 1 aliphatic rings. The molecule has 3 rings (SSSR count). The molecule has 0 aliphatic carbocycles. The number of hydrogen-bond acceptors (Lipinski definition) is 8. The molecule has 1 saturated heterocycles. The van der Waals surface area contributed by atoms with Crippen LogP contribution < -0.4 is 11.0 Å². The van der Waals surface area contributed by atoms with E-state index in [2.05, 4.69) is 17.2 Å².